The molecule has 0 heterocycles. The molecule has 20 heteroatoms. The van der Waals surface area contributed by atoms with E-state index in [2.05, 4.69) is 172 Å². The van der Waals surface area contributed by atoms with E-state index in [-0.39, 0.29) is 17.1 Å². The second-order valence-corrected chi connectivity index (χ2v) is 33.2. The molecule has 0 saturated heterocycles. The first-order valence-electron chi connectivity index (χ1n) is 47.5. The first-order chi connectivity index (χ1) is 60.6. The maximum Gasteiger partial charge on any atom is 0.273 e. The Morgan fingerprint density at radius 2 is 0.704 bits per heavy atom. The van der Waals surface area contributed by atoms with Gasteiger partial charge in [-0.2, -0.15) is 20.5 Å². The third-order valence-electron chi connectivity index (χ3n) is 22.9. The summed E-state index contributed by atoms with van der Waals surface area (Å²) in [6, 6.07) is 54.1. The van der Waals surface area contributed by atoms with Gasteiger partial charge in [-0.05, 0) is 214 Å². The Kier molecular flexibility index (Phi) is 56.0. The van der Waals surface area contributed by atoms with Crippen LogP contribution in [0.1, 0.15) is 293 Å². The van der Waals surface area contributed by atoms with Gasteiger partial charge in [-0.15, -0.1) is 10.2 Å². The summed E-state index contributed by atoms with van der Waals surface area (Å²) in [4.78, 5) is 22.4. The monoisotopic (exact) mass is 1720 g/mol. The van der Waals surface area contributed by atoms with Gasteiger partial charge in [-0.3, -0.25) is 20.2 Å². The molecule has 6 atom stereocenters. The number of aryl methyl sites for hydroxylation is 3. The van der Waals surface area contributed by atoms with Crippen LogP contribution in [-0.4, -0.2) is 54.5 Å². The molecule has 0 amide bonds. The minimum absolute atomic E-state index is 0.0779. The van der Waals surface area contributed by atoms with Crippen molar-refractivity contribution in [3.05, 3.63) is 213 Å². The molecule has 6 unspecified atom stereocenters. The van der Waals surface area contributed by atoms with E-state index in [1.807, 2.05) is 84.9 Å². The number of phenolic OH excluding ortho intramolecular Hbond substituents is 1. The number of benzene rings is 8. The number of azo groups is 3. The van der Waals surface area contributed by atoms with E-state index >= 15 is 0 Å². The van der Waals surface area contributed by atoms with Gasteiger partial charge in [0.1, 0.15) is 40.1 Å². The molecule has 8 aromatic carbocycles. The van der Waals surface area contributed by atoms with Crippen LogP contribution in [0.2, 0.25) is 0 Å². The van der Waals surface area contributed by atoms with Crippen molar-refractivity contribution in [1.82, 2.24) is 0 Å². The van der Waals surface area contributed by atoms with Gasteiger partial charge in [0.2, 0.25) is 0 Å². The van der Waals surface area contributed by atoms with E-state index in [0.717, 1.165) is 116 Å². The predicted molar refractivity (Wildman–Crippen MR) is 524 cm³/mol. The summed E-state index contributed by atoms with van der Waals surface area (Å²) in [6.07, 6.45) is 36.2. The highest BCUT2D eigenvalue weighted by molar-refractivity contribution is 5.62. The summed E-state index contributed by atoms with van der Waals surface area (Å²) < 4.78 is 24.0. The molecular formula is C105H157N11O9. The zero-order valence-electron chi connectivity index (χ0n) is 79.1. The van der Waals surface area contributed by atoms with Gasteiger partial charge >= 0.3 is 0 Å². The van der Waals surface area contributed by atoms with Gasteiger partial charge in [-0.25, -0.2) is 0 Å². The smallest absolute Gasteiger partial charge is 0.273 e. The lowest BCUT2D eigenvalue weighted by Crippen LogP contribution is -2.34. The lowest BCUT2D eigenvalue weighted by atomic mass is 9.95. The van der Waals surface area contributed by atoms with Crippen LogP contribution in [0.4, 0.5) is 62.6 Å². The molecule has 20 nitrogen and oxygen atoms in total. The number of hydrogen-bond donors (Lipinski definition) is 3. The Hall–Kier alpha value is -10.2. The summed E-state index contributed by atoms with van der Waals surface area (Å²) in [5.41, 5.74) is 22.9. The molecular weight excluding hydrogens is 1560 g/mol. The molecule has 125 heavy (non-hydrogen) atoms. The zero-order chi connectivity index (χ0) is 91.2. The van der Waals surface area contributed by atoms with Gasteiger partial charge in [0.05, 0.1) is 71.2 Å². The van der Waals surface area contributed by atoms with Crippen LogP contribution >= 0.6 is 0 Å². The Labute approximate surface area is 752 Å². The Morgan fingerprint density at radius 1 is 0.352 bits per heavy atom. The van der Waals surface area contributed by atoms with E-state index < -0.39 is 9.85 Å². The van der Waals surface area contributed by atoms with Crippen LogP contribution in [0.5, 0.6) is 28.7 Å². The van der Waals surface area contributed by atoms with E-state index in [0.29, 0.717) is 84.0 Å². The SMILES string of the molecule is CCCCC(CC)COc1cccc(N)c1.CCCCC(CC)COc1cccc([N+](=O)[O-])c1.CCCCc1ccc(N=Nc2ccc(N)cc2OCC(CC)CCCC)cc1.CCCCc1ccc(N=Nc2ccc(N=Nc3ccc(N(CC(CC)CCCC)CC(CC)CCCC)cc3C)cc2OCC(CC)CCCC)cc1.O=[N+]([O-])c1cccc(O)c1. The minimum Gasteiger partial charge on any atom is -0.508 e. The molecule has 686 valence electrons. The summed E-state index contributed by atoms with van der Waals surface area (Å²) in [5, 5.41) is 56.9. The van der Waals surface area contributed by atoms with Crippen LogP contribution in [0.25, 0.3) is 0 Å². The van der Waals surface area contributed by atoms with Gasteiger partial charge < -0.3 is 40.4 Å². The van der Waals surface area contributed by atoms with E-state index in [1.54, 1.807) is 12.1 Å². The Balaban J connectivity index is 0.000000375. The van der Waals surface area contributed by atoms with Gasteiger partial charge in [0.25, 0.3) is 11.4 Å². The van der Waals surface area contributed by atoms with E-state index in [1.165, 1.54) is 195 Å². The fourth-order valence-electron chi connectivity index (χ4n) is 14.1. The highest BCUT2D eigenvalue weighted by Gasteiger charge is 2.21. The van der Waals surface area contributed by atoms with Gasteiger partial charge in [0, 0.05) is 60.5 Å². The fraction of sp³-hybridized carbons (Fsp3) is 0.543. The first-order valence-corrected chi connectivity index (χ1v) is 47.5. The van der Waals surface area contributed by atoms with Crippen molar-refractivity contribution >= 4 is 62.6 Å². The van der Waals surface area contributed by atoms with Crippen LogP contribution in [0.3, 0.4) is 0 Å². The lowest BCUT2D eigenvalue weighted by Gasteiger charge is -2.33. The number of hydrogen-bond acceptors (Lipinski definition) is 18. The van der Waals surface area contributed by atoms with Crippen molar-refractivity contribution in [3.63, 3.8) is 0 Å². The number of nitrogen functional groups attached to an aromatic ring is 2. The van der Waals surface area contributed by atoms with Crippen LogP contribution < -0.4 is 35.3 Å². The summed E-state index contributed by atoms with van der Waals surface area (Å²) in [7, 11) is 0. The van der Waals surface area contributed by atoms with Crippen LogP contribution in [-0.2, 0) is 12.8 Å². The molecule has 0 aliphatic carbocycles. The van der Waals surface area contributed by atoms with Crippen LogP contribution in [0, 0.1) is 62.7 Å². The summed E-state index contributed by atoms with van der Waals surface area (Å²) >= 11 is 0. The fourth-order valence-corrected chi connectivity index (χ4v) is 14.1. The number of non-ortho nitro benzene ring substituents is 2. The molecule has 0 aromatic heterocycles. The van der Waals surface area contributed by atoms with Crippen molar-refractivity contribution in [1.29, 1.82) is 0 Å². The topological polar surface area (TPSA) is 273 Å². The normalized spacial score (nSPS) is 12.6. The Bertz CT molecular complexity index is 4270. The summed E-state index contributed by atoms with van der Waals surface area (Å²) in [5.74, 6) is 6.47. The second kappa shape index (κ2) is 65.4. The molecule has 0 aliphatic rings. The second-order valence-electron chi connectivity index (χ2n) is 33.2. The number of ether oxygens (including phenoxy) is 4. The molecule has 0 bridgehead atoms. The third kappa shape index (κ3) is 45.0. The molecule has 5 N–H and O–H groups in total. The number of nitro benzene ring substituents is 2. The number of unbranched alkanes of at least 4 members (excludes halogenated alkanes) is 8. The van der Waals surface area contributed by atoms with Gasteiger partial charge in [0.15, 0.2) is 0 Å². The van der Waals surface area contributed by atoms with Crippen LogP contribution in [0.15, 0.2) is 207 Å². The zero-order valence-corrected chi connectivity index (χ0v) is 79.1. The maximum absolute atomic E-state index is 10.6. The minimum atomic E-state index is -0.556. The van der Waals surface area contributed by atoms with E-state index in [4.69, 9.17) is 45.7 Å². The molecule has 0 aliphatic heterocycles. The van der Waals surface area contributed by atoms with E-state index in [9.17, 15) is 20.2 Å². The predicted octanol–water partition coefficient (Wildman–Crippen LogP) is 33.0. The number of nitro groups is 2. The average Bonchev–Trinajstić information content (AvgIpc) is 0.832. The molecule has 0 spiro atoms. The number of aromatic hydroxyl groups is 1. The number of rotatable bonds is 55. The third-order valence-corrected chi connectivity index (χ3v) is 22.9. The number of nitrogens with two attached hydrogens (primary N) is 2. The highest BCUT2D eigenvalue weighted by atomic mass is 16.6. The van der Waals surface area contributed by atoms with Crippen molar-refractivity contribution in [3.8, 4) is 28.7 Å². The number of anilines is 3. The molecule has 8 rings (SSSR count). The molecule has 0 radical (unpaired) electrons. The van der Waals surface area contributed by atoms with Crippen molar-refractivity contribution in [2.75, 3.05) is 55.9 Å². The largest absolute Gasteiger partial charge is 0.508 e. The molecule has 0 fully saturated rings. The number of nitrogens with zero attached hydrogens (tertiary/aromatic N) is 9. The van der Waals surface area contributed by atoms with Gasteiger partial charge in [-0.1, -0.05) is 268 Å². The first kappa shape index (κ1) is 107. The van der Waals surface area contributed by atoms with Crippen molar-refractivity contribution in [2.24, 2.45) is 66.2 Å². The average molecular weight is 1720 g/mol. The molecule has 0 saturated carbocycles. The summed E-state index contributed by atoms with van der Waals surface area (Å²) in [6.45, 7) is 38.6. The standard InChI is InChI=1S/C47H73N5O.C24H35N3O.C14H21NO3.C14H23NO.C6H5NO3/c1-9-16-20-38(13-5)34-52(35-39(14-6)21-17-10-2)44-29-31-45(37(8)32-44)50-49-43-28-30-46(47(33-43)53-36-40(15-7)22-18-11-3)51-48-42-26-24-41(25-27-42)23-19-12-4;1-4-7-9-19(6-3)18-28-24-17-21(25)13-16-23(24)27-26-22-14-11-20(12-15-22)10-8-5-2;1-3-5-7-12(4-2)11-18-14-9-6-8-13(10-14)15(16)17;1-3-5-7-12(4-2)11-16-14-9-6-8-13(15)10-14;8-6-3-1-2-5(4-6)7(9)10/h24-33,38-40H,9-23,34-36H2,1-8H3;11-17,19H,4-10,18,25H2,1-3H3;6,8-10,12H,3-5,7,11H2,1-2H3;6,8-10,12H,3-5,7,11,15H2,1-2H3;1-4,8H. The van der Waals surface area contributed by atoms with Crippen molar-refractivity contribution in [2.45, 2.75) is 296 Å². The number of phenols is 1. The quantitative estimate of drug-likeness (QED) is 0.0139. The maximum atomic E-state index is 10.6. The lowest BCUT2D eigenvalue weighted by molar-refractivity contribution is -0.385. The Morgan fingerprint density at radius 3 is 1.10 bits per heavy atom. The highest BCUT2D eigenvalue weighted by Crippen LogP contribution is 2.38. The van der Waals surface area contributed by atoms with Crippen molar-refractivity contribution < 1.29 is 33.9 Å². The molecule has 8 aromatic rings.